The van der Waals surface area contributed by atoms with Crippen LogP contribution < -0.4 is 0 Å². The van der Waals surface area contributed by atoms with Gasteiger partial charge in [0.1, 0.15) is 0 Å². The lowest BCUT2D eigenvalue weighted by Gasteiger charge is -2.16. The molecule has 0 aromatic carbocycles. The fourth-order valence-corrected chi connectivity index (χ4v) is 1.86. The maximum Gasteiger partial charge on any atom is 0.0169 e. The monoisotopic (exact) mass is 158 g/mol. The molecule has 0 aromatic heterocycles. The van der Waals surface area contributed by atoms with Crippen LogP contribution in [0.5, 0.6) is 0 Å². The van der Waals surface area contributed by atoms with E-state index in [0.717, 1.165) is 12.8 Å². The zero-order valence-corrected chi connectivity index (χ0v) is 7.46. The van der Waals surface area contributed by atoms with Gasteiger partial charge in [0.05, 0.1) is 0 Å². The molecule has 0 unspecified atom stereocenters. The van der Waals surface area contributed by atoms with E-state index in [-0.39, 0.29) is 0 Å². The van der Waals surface area contributed by atoms with Gasteiger partial charge in [0.25, 0.3) is 0 Å². The molecule has 2 aliphatic carbocycles. The average molecular weight is 158 g/mol. The molecule has 12 heavy (non-hydrogen) atoms. The summed E-state index contributed by atoms with van der Waals surface area (Å²) >= 11 is 0. The van der Waals surface area contributed by atoms with E-state index >= 15 is 0 Å². The van der Waals surface area contributed by atoms with Gasteiger partial charge in [-0.05, 0) is 19.8 Å². The van der Waals surface area contributed by atoms with E-state index < -0.39 is 0 Å². The number of rotatable bonds is 1. The van der Waals surface area contributed by atoms with Crippen molar-refractivity contribution in [2.75, 3.05) is 0 Å². The number of allylic oxidation sites excluding steroid dienone is 8. The Kier molecular flexibility index (Phi) is 1.99. The minimum Gasteiger partial charge on any atom is -0.0842 e. The predicted octanol–water partition coefficient (Wildman–Crippen LogP) is 3.40. The van der Waals surface area contributed by atoms with Crippen LogP contribution in [-0.4, -0.2) is 0 Å². The highest BCUT2D eigenvalue weighted by Gasteiger charge is 2.13. The Bertz CT molecular complexity index is 275. The zero-order valence-electron chi connectivity index (χ0n) is 7.46. The first-order chi connectivity index (χ1) is 5.88. The highest BCUT2D eigenvalue weighted by Crippen LogP contribution is 2.29. The summed E-state index contributed by atoms with van der Waals surface area (Å²) in [5.74, 6) is 0.593. The van der Waals surface area contributed by atoms with Gasteiger partial charge in [0, 0.05) is 5.92 Å². The summed E-state index contributed by atoms with van der Waals surface area (Å²) in [6.45, 7) is 2.25. The van der Waals surface area contributed by atoms with Crippen LogP contribution in [0, 0.1) is 5.92 Å². The fraction of sp³-hybridized carbons (Fsp3) is 0.333. The maximum atomic E-state index is 2.28. The summed E-state index contributed by atoms with van der Waals surface area (Å²) in [6, 6.07) is 0. The van der Waals surface area contributed by atoms with Crippen LogP contribution in [0.1, 0.15) is 19.8 Å². The third kappa shape index (κ3) is 1.29. The van der Waals surface area contributed by atoms with Gasteiger partial charge < -0.3 is 0 Å². The van der Waals surface area contributed by atoms with Crippen LogP contribution in [0.15, 0.2) is 47.6 Å². The topological polar surface area (TPSA) is 0 Å². The number of hydrogen-bond donors (Lipinski definition) is 0. The van der Waals surface area contributed by atoms with Gasteiger partial charge in [0.15, 0.2) is 0 Å². The van der Waals surface area contributed by atoms with E-state index in [4.69, 9.17) is 0 Å². The minimum absolute atomic E-state index is 0.593. The van der Waals surface area contributed by atoms with Crippen LogP contribution in [0.4, 0.5) is 0 Å². The molecule has 0 saturated carbocycles. The van der Waals surface area contributed by atoms with Crippen molar-refractivity contribution < 1.29 is 0 Å². The van der Waals surface area contributed by atoms with E-state index in [1.807, 2.05) is 0 Å². The molecule has 0 N–H and O–H groups in total. The van der Waals surface area contributed by atoms with Crippen molar-refractivity contribution in [1.29, 1.82) is 0 Å². The molecule has 0 amide bonds. The van der Waals surface area contributed by atoms with Crippen molar-refractivity contribution in [2.45, 2.75) is 19.8 Å². The van der Waals surface area contributed by atoms with E-state index in [2.05, 4.69) is 43.4 Å². The molecule has 0 nitrogen and oxygen atoms in total. The second-order valence-electron chi connectivity index (χ2n) is 3.48. The molecule has 0 aliphatic heterocycles. The molecular formula is C12H14. The SMILES string of the molecule is CC1=C(C2C=CC=C2)CC=CC1. The highest BCUT2D eigenvalue weighted by molar-refractivity contribution is 5.35. The Balaban J connectivity index is 2.21. The summed E-state index contributed by atoms with van der Waals surface area (Å²) in [5.41, 5.74) is 3.15. The van der Waals surface area contributed by atoms with Gasteiger partial charge in [-0.15, -0.1) is 0 Å². The number of hydrogen-bond acceptors (Lipinski definition) is 0. The van der Waals surface area contributed by atoms with Gasteiger partial charge in [-0.3, -0.25) is 0 Å². The van der Waals surface area contributed by atoms with E-state index in [9.17, 15) is 0 Å². The normalized spacial score (nSPS) is 22.8. The molecule has 0 bridgehead atoms. The lowest BCUT2D eigenvalue weighted by Crippen LogP contribution is -2.01. The lowest BCUT2D eigenvalue weighted by molar-refractivity contribution is 0.873. The summed E-state index contributed by atoms with van der Waals surface area (Å²) in [7, 11) is 0. The second-order valence-corrected chi connectivity index (χ2v) is 3.48. The van der Waals surface area contributed by atoms with Crippen LogP contribution in [-0.2, 0) is 0 Å². The molecule has 62 valence electrons. The van der Waals surface area contributed by atoms with Crippen LogP contribution >= 0.6 is 0 Å². The van der Waals surface area contributed by atoms with E-state index in [1.54, 1.807) is 11.1 Å². The predicted molar refractivity (Wildman–Crippen MR) is 52.8 cm³/mol. The Morgan fingerprint density at radius 3 is 2.42 bits per heavy atom. The molecule has 0 fully saturated rings. The van der Waals surface area contributed by atoms with Crippen molar-refractivity contribution in [1.82, 2.24) is 0 Å². The van der Waals surface area contributed by atoms with Gasteiger partial charge >= 0.3 is 0 Å². The van der Waals surface area contributed by atoms with E-state index in [1.165, 1.54) is 0 Å². The Hall–Kier alpha value is -1.04. The van der Waals surface area contributed by atoms with Crippen molar-refractivity contribution in [2.24, 2.45) is 5.92 Å². The molecule has 0 aromatic rings. The van der Waals surface area contributed by atoms with Gasteiger partial charge in [0.2, 0.25) is 0 Å². The fourth-order valence-electron chi connectivity index (χ4n) is 1.86. The van der Waals surface area contributed by atoms with Gasteiger partial charge in [-0.25, -0.2) is 0 Å². The van der Waals surface area contributed by atoms with Crippen LogP contribution in [0.25, 0.3) is 0 Å². The average Bonchev–Trinajstić information content (AvgIpc) is 2.57. The Morgan fingerprint density at radius 2 is 1.75 bits per heavy atom. The molecule has 0 radical (unpaired) electrons. The van der Waals surface area contributed by atoms with Crippen molar-refractivity contribution in [3.05, 3.63) is 47.6 Å². The third-order valence-corrected chi connectivity index (χ3v) is 2.63. The molecule has 2 rings (SSSR count). The van der Waals surface area contributed by atoms with E-state index in [0.29, 0.717) is 5.92 Å². The molecule has 0 heteroatoms. The standard InChI is InChI=1S/C12H14/c1-10-6-2-5-9-12(10)11-7-3-4-8-11/h2-5,7-8,11H,6,9H2,1H3. The van der Waals surface area contributed by atoms with Crippen LogP contribution in [0.3, 0.4) is 0 Å². The summed E-state index contributed by atoms with van der Waals surface area (Å²) in [4.78, 5) is 0. The lowest BCUT2D eigenvalue weighted by atomic mass is 9.89. The van der Waals surface area contributed by atoms with Crippen molar-refractivity contribution in [3.8, 4) is 0 Å². The Morgan fingerprint density at radius 1 is 1.08 bits per heavy atom. The third-order valence-electron chi connectivity index (χ3n) is 2.63. The van der Waals surface area contributed by atoms with Crippen molar-refractivity contribution >= 4 is 0 Å². The Labute approximate surface area is 74.0 Å². The molecule has 0 spiro atoms. The first-order valence-electron chi connectivity index (χ1n) is 4.56. The van der Waals surface area contributed by atoms with Gasteiger partial charge in [-0.2, -0.15) is 0 Å². The van der Waals surface area contributed by atoms with Crippen molar-refractivity contribution in [3.63, 3.8) is 0 Å². The van der Waals surface area contributed by atoms with Gasteiger partial charge in [-0.1, -0.05) is 47.6 Å². The first kappa shape index (κ1) is 7.60. The zero-order chi connectivity index (χ0) is 8.39. The summed E-state index contributed by atoms with van der Waals surface area (Å²) in [5, 5.41) is 0. The first-order valence-corrected chi connectivity index (χ1v) is 4.56. The molecule has 0 heterocycles. The smallest absolute Gasteiger partial charge is 0.0169 e. The summed E-state index contributed by atoms with van der Waals surface area (Å²) in [6.07, 6.45) is 15.7. The quantitative estimate of drug-likeness (QED) is 0.513. The summed E-state index contributed by atoms with van der Waals surface area (Å²) < 4.78 is 0. The van der Waals surface area contributed by atoms with Crippen LogP contribution in [0.2, 0.25) is 0 Å². The molecule has 2 aliphatic rings. The second kappa shape index (κ2) is 3.14. The molecule has 0 saturated heterocycles. The minimum atomic E-state index is 0.593. The molecule has 0 atom stereocenters. The molecular weight excluding hydrogens is 144 g/mol. The maximum absolute atomic E-state index is 2.28. The highest BCUT2D eigenvalue weighted by atomic mass is 14.2. The largest absolute Gasteiger partial charge is 0.0842 e.